The maximum Gasteiger partial charge on any atom is 0.247 e. The third-order valence-corrected chi connectivity index (χ3v) is 4.82. The van der Waals surface area contributed by atoms with Crippen LogP contribution in [0, 0.1) is 11.8 Å². The minimum Gasteiger partial charge on any atom is -0.302 e. The number of amides is 2. The van der Waals surface area contributed by atoms with E-state index >= 15 is 0 Å². The molecule has 1 saturated carbocycles. The van der Waals surface area contributed by atoms with Crippen LogP contribution in [-0.2, 0) is 9.59 Å². The van der Waals surface area contributed by atoms with Crippen LogP contribution in [0.15, 0.2) is 0 Å². The van der Waals surface area contributed by atoms with Gasteiger partial charge in [-0.3, -0.25) is 14.5 Å². The highest BCUT2D eigenvalue weighted by atomic mass is 16.2. The van der Waals surface area contributed by atoms with Gasteiger partial charge in [0.2, 0.25) is 11.8 Å². The summed E-state index contributed by atoms with van der Waals surface area (Å²) in [4.78, 5) is 25.6. The molecule has 0 aromatic heterocycles. The van der Waals surface area contributed by atoms with E-state index in [0.717, 1.165) is 6.42 Å². The topological polar surface area (TPSA) is 49.4 Å². The lowest BCUT2D eigenvalue weighted by atomic mass is 9.78. The highest BCUT2D eigenvalue weighted by Gasteiger charge is 2.41. The number of rotatable bonds is 3. The minimum atomic E-state index is -0.298. The van der Waals surface area contributed by atoms with Crippen LogP contribution in [0.4, 0.5) is 0 Å². The second-order valence-corrected chi connectivity index (χ2v) is 6.49. The van der Waals surface area contributed by atoms with Crippen molar-refractivity contribution in [3.63, 3.8) is 0 Å². The highest BCUT2D eigenvalue weighted by molar-refractivity contribution is 6.05. The first-order valence-electron chi connectivity index (χ1n) is 7.53. The molecule has 2 fully saturated rings. The van der Waals surface area contributed by atoms with Crippen LogP contribution >= 0.6 is 0 Å². The summed E-state index contributed by atoms with van der Waals surface area (Å²) >= 11 is 0. The van der Waals surface area contributed by atoms with E-state index in [1.165, 1.54) is 17.7 Å². The Kier molecular flexibility index (Phi) is 4.29. The number of hydrogen-bond donors (Lipinski definition) is 1. The lowest BCUT2D eigenvalue weighted by molar-refractivity contribution is -0.140. The fourth-order valence-corrected chi connectivity index (χ4v) is 3.40. The summed E-state index contributed by atoms with van der Waals surface area (Å²) < 4.78 is 0. The van der Waals surface area contributed by atoms with E-state index in [1.807, 2.05) is 13.8 Å². The van der Waals surface area contributed by atoms with E-state index in [1.54, 1.807) is 0 Å². The van der Waals surface area contributed by atoms with Crippen molar-refractivity contribution in [1.29, 1.82) is 0 Å². The van der Waals surface area contributed by atoms with E-state index in [4.69, 9.17) is 0 Å². The maximum atomic E-state index is 12.3. The van der Waals surface area contributed by atoms with Gasteiger partial charge in [-0.25, -0.2) is 0 Å². The van der Waals surface area contributed by atoms with Crippen molar-refractivity contribution >= 4 is 11.8 Å². The molecule has 1 aliphatic heterocycles. The first kappa shape index (κ1) is 14.5. The van der Waals surface area contributed by atoms with Gasteiger partial charge in [0.15, 0.2) is 0 Å². The van der Waals surface area contributed by atoms with Crippen LogP contribution in [0.2, 0.25) is 0 Å². The molecule has 108 valence electrons. The predicted molar refractivity (Wildman–Crippen MR) is 74.5 cm³/mol. The quantitative estimate of drug-likeness (QED) is 0.794. The van der Waals surface area contributed by atoms with Crippen LogP contribution in [0.5, 0.6) is 0 Å². The molecule has 0 radical (unpaired) electrons. The number of imide groups is 1. The fourth-order valence-electron chi connectivity index (χ4n) is 3.40. The molecule has 4 heteroatoms. The third-order valence-electron chi connectivity index (χ3n) is 4.82. The molecule has 1 heterocycles. The van der Waals surface area contributed by atoms with Crippen molar-refractivity contribution in [2.75, 3.05) is 0 Å². The Morgan fingerprint density at radius 3 is 2.47 bits per heavy atom. The Bertz CT molecular complexity index is 367. The average molecular weight is 266 g/mol. The molecule has 1 saturated heterocycles. The molecule has 19 heavy (non-hydrogen) atoms. The lowest BCUT2D eigenvalue weighted by Crippen LogP contribution is -2.49. The van der Waals surface area contributed by atoms with Gasteiger partial charge in [0.1, 0.15) is 0 Å². The van der Waals surface area contributed by atoms with Gasteiger partial charge in [-0.1, -0.05) is 26.7 Å². The van der Waals surface area contributed by atoms with Crippen LogP contribution in [-0.4, -0.2) is 34.8 Å². The van der Waals surface area contributed by atoms with Crippen LogP contribution < -0.4 is 5.32 Å². The second kappa shape index (κ2) is 5.61. The molecule has 2 amide bonds. The van der Waals surface area contributed by atoms with E-state index in [9.17, 15) is 9.59 Å². The molecule has 2 rings (SSSR count). The zero-order valence-electron chi connectivity index (χ0n) is 12.5. The monoisotopic (exact) mass is 266 g/mol. The standard InChI is InChI=1S/C15H26N2O2/c1-9(2)17-14(18)8-13(15(17)19)16-12-7-5-6-10(3)11(12)4/h9-13,16H,5-8H2,1-4H3. The number of carbonyl (C=O) groups excluding carboxylic acids is 2. The van der Waals surface area contributed by atoms with E-state index in [2.05, 4.69) is 19.2 Å². The van der Waals surface area contributed by atoms with Crippen LogP contribution in [0.3, 0.4) is 0 Å². The lowest BCUT2D eigenvalue weighted by Gasteiger charge is -2.36. The van der Waals surface area contributed by atoms with Crippen LogP contribution in [0.25, 0.3) is 0 Å². The summed E-state index contributed by atoms with van der Waals surface area (Å²) in [6, 6.07) is 0.0414. The molecule has 1 N–H and O–H groups in total. The minimum absolute atomic E-state index is 0.0329. The van der Waals surface area contributed by atoms with Gasteiger partial charge >= 0.3 is 0 Å². The Morgan fingerprint density at radius 2 is 1.89 bits per heavy atom. The van der Waals surface area contributed by atoms with Gasteiger partial charge in [0.25, 0.3) is 0 Å². The van der Waals surface area contributed by atoms with Crippen molar-refractivity contribution in [2.24, 2.45) is 11.8 Å². The third kappa shape index (κ3) is 2.83. The largest absolute Gasteiger partial charge is 0.302 e. The van der Waals surface area contributed by atoms with Gasteiger partial charge in [-0.15, -0.1) is 0 Å². The second-order valence-electron chi connectivity index (χ2n) is 6.49. The van der Waals surface area contributed by atoms with Crippen molar-refractivity contribution in [1.82, 2.24) is 10.2 Å². The van der Waals surface area contributed by atoms with Gasteiger partial charge in [0.05, 0.1) is 12.5 Å². The molecule has 0 aromatic rings. The Morgan fingerprint density at radius 1 is 1.21 bits per heavy atom. The summed E-state index contributed by atoms with van der Waals surface area (Å²) in [6.07, 6.45) is 3.93. The zero-order valence-corrected chi connectivity index (χ0v) is 12.5. The summed E-state index contributed by atoms with van der Waals surface area (Å²) in [7, 11) is 0. The Balaban J connectivity index is 2.00. The Hall–Kier alpha value is -0.900. The van der Waals surface area contributed by atoms with Gasteiger partial charge in [0, 0.05) is 12.1 Å². The van der Waals surface area contributed by atoms with E-state index in [-0.39, 0.29) is 23.9 Å². The number of nitrogens with zero attached hydrogens (tertiary/aromatic N) is 1. The number of carbonyl (C=O) groups is 2. The fraction of sp³-hybridized carbons (Fsp3) is 0.867. The summed E-state index contributed by atoms with van der Waals surface area (Å²) in [5.74, 6) is 1.20. The van der Waals surface area contributed by atoms with Crippen LogP contribution in [0.1, 0.15) is 53.4 Å². The SMILES string of the molecule is CC1CCCC(NC2CC(=O)N(C(C)C)C2=O)C1C. The molecule has 4 nitrogen and oxygen atoms in total. The maximum absolute atomic E-state index is 12.3. The molecule has 4 unspecified atom stereocenters. The van der Waals surface area contributed by atoms with E-state index < -0.39 is 0 Å². The summed E-state index contributed by atoms with van der Waals surface area (Å²) in [6.45, 7) is 8.32. The molecule has 0 bridgehead atoms. The first-order chi connectivity index (χ1) is 8.91. The van der Waals surface area contributed by atoms with Gasteiger partial charge in [-0.2, -0.15) is 0 Å². The summed E-state index contributed by atoms with van der Waals surface area (Å²) in [5.41, 5.74) is 0. The molecule has 2 aliphatic rings. The molecule has 0 aromatic carbocycles. The molecule has 0 spiro atoms. The van der Waals surface area contributed by atoms with Crippen molar-refractivity contribution < 1.29 is 9.59 Å². The number of nitrogens with one attached hydrogen (secondary N) is 1. The Labute approximate surface area is 115 Å². The highest BCUT2D eigenvalue weighted by Crippen LogP contribution is 2.30. The molecule has 4 atom stereocenters. The normalized spacial score (nSPS) is 36.4. The van der Waals surface area contributed by atoms with Crippen molar-refractivity contribution in [3.8, 4) is 0 Å². The number of hydrogen-bond acceptors (Lipinski definition) is 3. The van der Waals surface area contributed by atoms with E-state index in [0.29, 0.717) is 24.3 Å². The van der Waals surface area contributed by atoms with Gasteiger partial charge in [-0.05, 0) is 32.1 Å². The zero-order chi connectivity index (χ0) is 14.2. The van der Waals surface area contributed by atoms with Crippen molar-refractivity contribution in [2.45, 2.75) is 71.5 Å². The molecular weight excluding hydrogens is 240 g/mol. The molecular formula is C15H26N2O2. The van der Waals surface area contributed by atoms with Crippen molar-refractivity contribution in [3.05, 3.63) is 0 Å². The predicted octanol–water partition coefficient (Wildman–Crippen LogP) is 1.94. The molecule has 1 aliphatic carbocycles. The summed E-state index contributed by atoms with van der Waals surface area (Å²) in [5, 5.41) is 3.45. The smallest absolute Gasteiger partial charge is 0.247 e. The van der Waals surface area contributed by atoms with Gasteiger partial charge < -0.3 is 5.32 Å². The first-order valence-corrected chi connectivity index (χ1v) is 7.53. The number of likely N-dealkylation sites (tertiary alicyclic amines) is 1. The average Bonchev–Trinajstić information content (AvgIpc) is 2.60.